The van der Waals surface area contributed by atoms with Crippen molar-refractivity contribution in [3.63, 3.8) is 0 Å². The number of halogens is 1. The average Bonchev–Trinajstić information content (AvgIpc) is 3.19. The molecule has 1 heterocycles. The number of nitrogens with zero attached hydrogens (tertiary/aromatic N) is 1. The first kappa shape index (κ1) is 22.7. The lowest BCUT2D eigenvalue weighted by molar-refractivity contribution is -0.137. The van der Waals surface area contributed by atoms with Crippen LogP contribution < -0.4 is 5.32 Å². The molecule has 31 heavy (non-hydrogen) atoms. The van der Waals surface area contributed by atoms with E-state index in [-0.39, 0.29) is 12.3 Å². The van der Waals surface area contributed by atoms with E-state index in [9.17, 15) is 9.59 Å². The summed E-state index contributed by atoms with van der Waals surface area (Å²) in [5.41, 5.74) is 1.49. The minimum Gasteiger partial charge on any atom is -0.456 e. The number of hydrogen-bond acceptors (Lipinski definition) is 6. The van der Waals surface area contributed by atoms with Gasteiger partial charge in [-0.25, -0.2) is 9.78 Å². The topological polar surface area (TPSA) is 92.1 Å². The number of aromatic nitrogens is 1. The number of thiazole rings is 1. The van der Waals surface area contributed by atoms with E-state index in [1.807, 2.05) is 54.6 Å². The van der Waals surface area contributed by atoms with Crippen molar-refractivity contribution in [1.82, 2.24) is 4.98 Å². The van der Waals surface area contributed by atoms with Gasteiger partial charge in [-0.2, -0.15) is 0 Å². The Hall–Kier alpha value is -3.03. The normalized spacial score (nSPS) is 11.5. The van der Waals surface area contributed by atoms with Crippen molar-refractivity contribution in [1.29, 1.82) is 5.41 Å². The quantitative estimate of drug-likeness (QED) is 0.346. The van der Waals surface area contributed by atoms with Gasteiger partial charge in [0.2, 0.25) is 5.91 Å². The van der Waals surface area contributed by atoms with Crippen LogP contribution in [0.25, 0.3) is 0 Å². The van der Waals surface area contributed by atoms with Crippen LogP contribution in [0.15, 0.2) is 60.8 Å². The fourth-order valence-corrected chi connectivity index (χ4v) is 4.01. The molecule has 1 amide bonds. The second-order valence-corrected chi connectivity index (χ2v) is 8.42. The molecule has 160 valence electrons. The third kappa shape index (κ3) is 6.47. The van der Waals surface area contributed by atoms with Crippen molar-refractivity contribution in [3.05, 3.63) is 81.8 Å². The molecule has 0 aliphatic rings. The van der Waals surface area contributed by atoms with E-state index in [0.29, 0.717) is 23.0 Å². The molecule has 0 bridgehead atoms. The summed E-state index contributed by atoms with van der Waals surface area (Å²) >= 11 is 7.37. The maximum absolute atomic E-state index is 12.7. The Labute approximate surface area is 189 Å². The van der Waals surface area contributed by atoms with Crippen molar-refractivity contribution in [3.8, 4) is 0 Å². The Balaban J connectivity index is 1.57. The SMILES string of the molecule is CCC(C(=N)C(=O)OCc1ccccc1)C(=O)Nc1ncc(Cc2cccc(Cl)c2)s1. The summed E-state index contributed by atoms with van der Waals surface area (Å²) in [7, 11) is 0. The van der Waals surface area contributed by atoms with Crippen molar-refractivity contribution < 1.29 is 14.3 Å². The fourth-order valence-electron chi connectivity index (χ4n) is 2.95. The van der Waals surface area contributed by atoms with Gasteiger partial charge in [0, 0.05) is 22.5 Å². The molecule has 0 radical (unpaired) electrons. The predicted molar refractivity (Wildman–Crippen MR) is 123 cm³/mol. The Morgan fingerprint density at radius 2 is 1.90 bits per heavy atom. The summed E-state index contributed by atoms with van der Waals surface area (Å²) in [6, 6.07) is 16.7. The minimum atomic E-state index is -0.913. The summed E-state index contributed by atoms with van der Waals surface area (Å²) in [5.74, 6) is -2.16. The first-order valence-electron chi connectivity index (χ1n) is 9.75. The van der Waals surface area contributed by atoms with Crippen molar-refractivity contribution >= 4 is 45.7 Å². The van der Waals surface area contributed by atoms with Gasteiger partial charge in [0.25, 0.3) is 0 Å². The first-order chi connectivity index (χ1) is 15.0. The van der Waals surface area contributed by atoms with Crippen LogP contribution in [0, 0.1) is 11.3 Å². The van der Waals surface area contributed by atoms with Gasteiger partial charge in [-0.05, 0) is 29.7 Å². The van der Waals surface area contributed by atoms with E-state index in [2.05, 4.69) is 10.3 Å². The van der Waals surface area contributed by atoms with Gasteiger partial charge in [0.1, 0.15) is 12.3 Å². The van der Waals surface area contributed by atoms with Crippen molar-refractivity contribution in [2.45, 2.75) is 26.4 Å². The highest BCUT2D eigenvalue weighted by Crippen LogP contribution is 2.23. The Morgan fingerprint density at radius 1 is 1.16 bits per heavy atom. The van der Waals surface area contributed by atoms with Gasteiger partial charge < -0.3 is 10.1 Å². The lowest BCUT2D eigenvalue weighted by Gasteiger charge is -2.14. The van der Waals surface area contributed by atoms with Crippen LogP contribution in [0.4, 0.5) is 5.13 Å². The number of ether oxygens (including phenoxy) is 1. The summed E-state index contributed by atoms with van der Waals surface area (Å²) in [6.45, 7) is 1.80. The van der Waals surface area contributed by atoms with Crippen LogP contribution in [-0.4, -0.2) is 22.6 Å². The number of carbonyl (C=O) groups excluding carboxylic acids is 2. The fraction of sp³-hybridized carbons (Fsp3) is 0.217. The highest BCUT2D eigenvalue weighted by molar-refractivity contribution is 7.15. The van der Waals surface area contributed by atoms with Crippen LogP contribution in [0.2, 0.25) is 5.02 Å². The van der Waals surface area contributed by atoms with E-state index < -0.39 is 17.8 Å². The molecule has 0 spiro atoms. The summed E-state index contributed by atoms with van der Waals surface area (Å²) < 4.78 is 5.19. The number of carbonyl (C=O) groups is 2. The van der Waals surface area contributed by atoms with Crippen LogP contribution in [0.5, 0.6) is 0 Å². The number of nitrogens with one attached hydrogen (secondary N) is 2. The number of rotatable bonds is 9. The Kier molecular flexibility index (Phi) is 7.92. The van der Waals surface area contributed by atoms with E-state index in [0.717, 1.165) is 16.0 Å². The Morgan fingerprint density at radius 3 is 2.61 bits per heavy atom. The van der Waals surface area contributed by atoms with Crippen molar-refractivity contribution in [2.75, 3.05) is 5.32 Å². The van der Waals surface area contributed by atoms with Crippen molar-refractivity contribution in [2.24, 2.45) is 5.92 Å². The highest BCUT2D eigenvalue weighted by atomic mass is 35.5. The van der Waals surface area contributed by atoms with Crippen LogP contribution in [0.1, 0.15) is 29.3 Å². The van der Waals surface area contributed by atoms with Gasteiger partial charge in [-0.15, -0.1) is 11.3 Å². The predicted octanol–water partition coefficient (Wildman–Crippen LogP) is 5.12. The molecular weight excluding hydrogens is 434 g/mol. The first-order valence-corrected chi connectivity index (χ1v) is 10.9. The van der Waals surface area contributed by atoms with Crippen LogP contribution in [0.3, 0.4) is 0 Å². The molecular formula is C23H22ClN3O3S. The number of benzene rings is 2. The summed E-state index contributed by atoms with van der Waals surface area (Å²) in [6.07, 6.45) is 2.64. The number of anilines is 1. The number of amides is 1. The molecule has 3 aromatic rings. The molecule has 2 aromatic carbocycles. The number of hydrogen-bond donors (Lipinski definition) is 2. The molecule has 0 aliphatic heterocycles. The Bertz CT molecular complexity index is 1070. The second kappa shape index (κ2) is 10.8. The summed E-state index contributed by atoms with van der Waals surface area (Å²) in [5, 5.41) is 11.9. The second-order valence-electron chi connectivity index (χ2n) is 6.86. The lowest BCUT2D eigenvalue weighted by atomic mass is 9.99. The third-order valence-electron chi connectivity index (χ3n) is 4.56. The molecule has 6 nitrogen and oxygen atoms in total. The zero-order valence-corrected chi connectivity index (χ0v) is 18.5. The molecule has 0 saturated heterocycles. The molecule has 0 aliphatic carbocycles. The standard InChI is InChI=1S/C23H22ClN3O3S/c1-2-19(20(25)22(29)30-14-15-7-4-3-5-8-15)21(28)27-23-26-13-18(31-23)12-16-9-6-10-17(24)11-16/h3-11,13,19,25H,2,12,14H2,1H3,(H,26,27,28). The van der Waals surface area contributed by atoms with E-state index in [1.165, 1.54) is 11.3 Å². The van der Waals surface area contributed by atoms with Crippen LogP contribution in [-0.2, 0) is 27.4 Å². The average molecular weight is 456 g/mol. The smallest absolute Gasteiger partial charge is 0.353 e. The van der Waals surface area contributed by atoms with E-state index >= 15 is 0 Å². The molecule has 1 unspecified atom stereocenters. The molecule has 1 atom stereocenters. The third-order valence-corrected chi connectivity index (χ3v) is 5.70. The molecule has 0 fully saturated rings. The molecule has 2 N–H and O–H groups in total. The lowest BCUT2D eigenvalue weighted by Crippen LogP contribution is -2.34. The van der Waals surface area contributed by atoms with Gasteiger partial charge >= 0.3 is 5.97 Å². The highest BCUT2D eigenvalue weighted by Gasteiger charge is 2.28. The monoisotopic (exact) mass is 455 g/mol. The minimum absolute atomic E-state index is 0.0550. The van der Waals surface area contributed by atoms with Crippen LogP contribution >= 0.6 is 22.9 Å². The summed E-state index contributed by atoms with van der Waals surface area (Å²) in [4.78, 5) is 30.1. The van der Waals surface area contributed by atoms with Gasteiger partial charge in [-0.1, -0.05) is 61.0 Å². The maximum Gasteiger partial charge on any atom is 0.353 e. The van der Waals surface area contributed by atoms with Gasteiger partial charge in [0.15, 0.2) is 5.13 Å². The van der Waals surface area contributed by atoms with E-state index in [1.54, 1.807) is 13.1 Å². The van der Waals surface area contributed by atoms with Gasteiger partial charge in [0.05, 0.1) is 5.92 Å². The number of esters is 1. The molecule has 1 aromatic heterocycles. The van der Waals surface area contributed by atoms with E-state index in [4.69, 9.17) is 21.7 Å². The molecule has 3 rings (SSSR count). The molecule has 8 heteroatoms. The van der Waals surface area contributed by atoms with Gasteiger partial charge in [-0.3, -0.25) is 10.2 Å². The zero-order valence-electron chi connectivity index (χ0n) is 16.9. The maximum atomic E-state index is 12.7. The molecule has 0 saturated carbocycles. The largest absolute Gasteiger partial charge is 0.456 e. The zero-order chi connectivity index (χ0) is 22.2.